The standard InChI is InChI=1S/C22H39N5O.HI/c1-4-23-22(24-12-8-14-27-15-17-28-18-16-27)25-13-11-20(2)26(3)19-21-9-6-5-7-10-21;/h5-7,9-10,20H,4,8,11-19H2,1-3H3,(H2,23,24,25);1H. The average Bonchev–Trinajstić information content (AvgIpc) is 2.72. The van der Waals surface area contributed by atoms with E-state index < -0.39 is 0 Å². The molecule has 1 aliphatic heterocycles. The van der Waals surface area contributed by atoms with Gasteiger partial charge in [-0.3, -0.25) is 14.8 Å². The van der Waals surface area contributed by atoms with E-state index >= 15 is 0 Å². The molecule has 1 fully saturated rings. The van der Waals surface area contributed by atoms with Crippen LogP contribution in [0.3, 0.4) is 0 Å². The first-order chi connectivity index (χ1) is 13.7. The molecule has 7 heteroatoms. The van der Waals surface area contributed by atoms with E-state index in [9.17, 15) is 0 Å². The number of morpholine rings is 1. The van der Waals surface area contributed by atoms with E-state index in [0.717, 1.165) is 77.8 Å². The Kier molecular flexibility index (Phi) is 14.3. The Morgan fingerprint density at radius 2 is 1.93 bits per heavy atom. The molecule has 1 heterocycles. The smallest absolute Gasteiger partial charge is 0.191 e. The van der Waals surface area contributed by atoms with Crippen molar-refractivity contribution in [3.8, 4) is 0 Å². The van der Waals surface area contributed by atoms with Crippen LogP contribution in [-0.4, -0.2) is 81.3 Å². The third-order valence-corrected chi connectivity index (χ3v) is 5.23. The molecule has 2 N–H and O–H groups in total. The SMILES string of the molecule is CCNC(=NCCCN1CCOCC1)NCCC(C)N(C)Cc1ccccc1.I. The molecular formula is C22H40IN5O. The molecule has 0 saturated carbocycles. The summed E-state index contributed by atoms with van der Waals surface area (Å²) in [6.07, 6.45) is 2.17. The van der Waals surface area contributed by atoms with Gasteiger partial charge in [-0.1, -0.05) is 30.3 Å². The molecule has 1 aliphatic rings. The summed E-state index contributed by atoms with van der Waals surface area (Å²) in [5.41, 5.74) is 1.36. The third kappa shape index (κ3) is 11.2. The highest BCUT2D eigenvalue weighted by atomic mass is 127. The second-order valence-corrected chi connectivity index (χ2v) is 7.53. The zero-order chi connectivity index (χ0) is 20.0. The number of benzene rings is 1. The number of hydrogen-bond acceptors (Lipinski definition) is 4. The molecule has 29 heavy (non-hydrogen) atoms. The number of ether oxygens (including phenoxy) is 1. The average molecular weight is 518 g/mol. The zero-order valence-corrected chi connectivity index (χ0v) is 20.7. The molecule has 1 unspecified atom stereocenters. The zero-order valence-electron chi connectivity index (χ0n) is 18.4. The molecule has 0 amide bonds. The normalized spacial score (nSPS) is 16.3. The van der Waals surface area contributed by atoms with Crippen LogP contribution in [0.25, 0.3) is 0 Å². The monoisotopic (exact) mass is 517 g/mol. The topological polar surface area (TPSA) is 52.1 Å². The van der Waals surface area contributed by atoms with Gasteiger partial charge in [0.05, 0.1) is 13.2 Å². The quantitative estimate of drug-likeness (QED) is 0.205. The van der Waals surface area contributed by atoms with Gasteiger partial charge in [0.15, 0.2) is 5.96 Å². The van der Waals surface area contributed by atoms with E-state index in [-0.39, 0.29) is 24.0 Å². The molecule has 0 bridgehead atoms. The van der Waals surface area contributed by atoms with Gasteiger partial charge in [-0.15, -0.1) is 24.0 Å². The van der Waals surface area contributed by atoms with Crippen molar-refractivity contribution < 1.29 is 4.74 Å². The summed E-state index contributed by atoms with van der Waals surface area (Å²) in [6.45, 7) is 13.0. The number of nitrogens with one attached hydrogen (secondary N) is 2. The first-order valence-corrected chi connectivity index (χ1v) is 10.8. The lowest BCUT2D eigenvalue weighted by Crippen LogP contribution is -2.40. The van der Waals surface area contributed by atoms with Gasteiger partial charge in [0.2, 0.25) is 0 Å². The maximum atomic E-state index is 5.40. The molecule has 0 aliphatic carbocycles. The third-order valence-electron chi connectivity index (χ3n) is 5.23. The van der Waals surface area contributed by atoms with Gasteiger partial charge in [-0.25, -0.2) is 0 Å². The minimum Gasteiger partial charge on any atom is -0.379 e. The summed E-state index contributed by atoms with van der Waals surface area (Å²) in [7, 11) is 2.20. The number of rotatable bonds is 11. The molecule has 1 aromatic carbocycles. The summed E-state index contributed by atoms with van der Waals surface area (Å²) in [5.74, 6) is 0.933. The molecule has 166 valence electrons. The first kappa shape index (κ1) is 26.1. The second kappa shape index (κ2) is 15.9. The predicted octanol–water partition coefficient (Wildman–Crippen LogP) is 2.79. The van der Waals surface area contributed by atoms with Gasteiger partial charge in [-0.05, 0) is 39.3 Å². The van der Waals surface area contributed by atoms with Crippen molar-refractivity contribution in [3.63, 3.8) is 0 Å². The van der Waals surface area contributed by atoms with Gasteiger partial charge in [0, 0.05) is 51.9 Å². The molecule has 0 aromatic heterocycles. The van der Waals surface area contributed by atoms with Crippen LogP contribution < -0.4 is 10.6 Å². The molecule has 1 atom stereocenters. The van der Waals surface area contributed by atoms with E-state index in [0.29, 0.717) is 6.04 Å². The number of guanidine groups is 1. The van der Waals surface area contributed by atoms with Crippen molar-refractivity contribution in [2.45, 2.75) is 39.3 Å². The Bertz CT molecular complexity index is 551. The Hall–Kier alpha value is -0.900. The number of halogens is 1. The molecule has 0 spiro atoms. The van der Waals surface area contributed by atoms with Crippen molar-refractivity contribution in [3.05, 3.63) is 35.9 Å². The van der Waals surface area contributed by atoms with Crippen molar-refractivity contribution in [2.24, 2.45) is 4.99 Å². The van der Waals surface area contributed by atoms with E-state index in [1.807, 2.05) is 0 Å². The van der Waals surface area contributed by atoms with Crippen LogP contribution in [0.15, 0.2) is 35.3 Å². The first-order valence-electron chi connectivity index (χ1n) is 10.8. The lowest BCUT2D eigenvalue weighted by atomic mass is 10.1. The minimum atomic E-state index is 0. The van der Waals surface area contributed by atoms with Crippen LogP contribution in [-0.2, 0) is 11.3 Å². The summed E-state index contributed by atoms with van der Waals surface area (Å²) in [4.78, 5) is 9.60. The Morgan fingerprint density at radius 3 is 2.62 bits per heavy atom. The van der Waals surface area contributed by atoms with Crippen molar-refractivity contribution in [2.75, 3.05) is 59.5 Å². The number of nitrogens with zero attached hydrogens (tertiary/aromatic N) is 3. The molecular weight excluding hydrogens is 477 g/mol. The van der Waals surface area contributed by atoms with Crippen LogP contribution in [0.1, 0.15) is 32.3 Å². The van der Waals surface area contributed by atoms with Gasteiger partial charge < -0.3 is 15.4 Å². The summed E-state index contributed by atoms with van der Waals surface area (Å²) in [6, 6.07) is 11.2. The van der Waals surface area contributed by atoms with Gasteiger partial charge in [-0.2, -0.15) is 0 Å². The van der Waals surface area contributed by atoms with Crippen LogP contribution >= 0.6 is 24.0 Å². The van der Waals surface area contributed by atoms with Gasteiger partial charge >= 0.3 is 0 Å². The fourth-order valence-electron chi connectivity index (χ4n) is 3.30. The van der Waals surface area contributed by atoms with Crippen LogP contribution in [0.4, 0.5) is 0 Å². The Morgan fingerprint density at radius 1 is 1.21 bits per heavy atom. The molecule has 6 nitrogen and oxygen atoms in total. The highest BCUT2D eigenvalue weighted by Crippen LogP contribution is 2.07. The lowest BCUT2D eigenvalue weighted by Gasteiger charge is -2.26. The fraction of sp³-hybridized carbons (Fsp3) is 0.682. The minimum absolute atomic E-state index is 0. The fourth-order valence-corrected chi connectivity index (χ4v) is 3.30. The van der Waals surface area contributed by atoms with Crippen molar-refractivity contribution in [1.82, 2.24) is 20.4 Å². The molecule has 1 saturated heterocycles. The van der Waals surface area contributed by atoms with Crippen LogP contribution in [0.2, 0.25) is 0 Å². The van der Waals surface area contributed by atoms with E-state index in [1.165, 1.54) is 5.56 Å². The predicted molar refractivity (Wildman–Crippen MR) is 133 cm³/mol. The van der Waals surface area contributed by atoms with Gasteiger partial charge in [0.1, 0.15) is 0 Å². The van der Waals surface area contributed by atoms with Gasteiger partial charge in [0.25, 0.3) is 0 Å². The summed E-state index contributed by atoms with van der Waals surface area (Å²) < 4.78 is 5.40. The van der Waals surface area contributed by atoms with E-state index in [1.54, 1.807) is 0 Å². The number of aliphatic imine (C=N–C) groups is 1. The van der Waals surface area contributed by atoms with Crippen molar-refractivity contribution >= 4 is 29.9 Å². The maximum absolute atomic E-state index is 5.40. The van der Waals surface area contributed by atoms with Crippen LogP contribution in [0.5, 0.6) is 0 Å². The van der Waals surface area contributed by atoms with E-state index in [4.69, 9.17) is 9.73 Å². The largest absolute Gasteiger partial charge is 0.379 e. The maximum Gasteiger partial charge on any atom is 0.191 e. The highest BCUT2D eigenvalue weighted by Gasteiger charge is 2.10. The lowest BCUT2D eigenvalue weighted by molar-refractivity contribution is 0.0377. The summed E-state index contributed by atoms with van der Waals surface area (Å²) >= 11 is 0. The summed E-state index contributed by atoms with van der Waals surface area (Å²) in [5, 5.41) is 6.84. The Labute approximate surface area is 194 Å². The Balaban J connectivity index is 0.00000420. The second-order valence-electron chi connectivity index (χ2n) is 7.53. The van der Waals surface area contributed by atoms with E-state index in [2.05, 4.69) is 71.7 Å². The molecule has 0 radical (unpaired) electrons. The molecule has 1 aromatic rings. The number of hydrogen-bond donors (Lipinski definition) is 2. The van der Waals surface area contributed by atoms with Crippen molar-refractivity contribution in [1.29, 1.82) is 0 Å². The van der Waals surface area contributed by atoms with Crippen LogP contribution in [0, 0.1) is 0 Å². The highest BCUT2D eigenvalue weighted by molar-refractivity contribution is 14.0. The molecule has 2 rings (SSSR count).